The summed E-state index contributed by atoms with van der Waals surface area (Å²) < 4.78 is 4.77. The van der Waals surface area contributed by atoms with Gasteiger partial charge in [0.1, 0.15) is 0 Å². The van der Waals surface area contributed by atoms with Crippen LogP contribution in [0.2, 0.25) is 0 Å². The van der Waals surface area contributed by atoms with E-state index in [1.54, 1.807) is 11.3 Å². The molecule has 0 amide bonds. The molecule has 0 fully saturated rings. The van der Waals surface area contributed by atoms with Crippen molar-refractivity contribution in [2.24, 2.45) is 0 Å². The highest BCUT2D eigenvalue weighted by Gasteiger charge is 2.01. The minimum Gasteiger partial charge on any atom is -0.466 e. The van der Waals surface area contributed by atoms with Crippen molar-refractivity contribution >= 4 is 29.9 Å². The van der Waals surface area contributed by atoms with Crippen molar-refractivity contribution in [3.8, 4) is 0 Å². The Morgan fingerprint density at radius 1 is 1.38 bits per heavy atom. The predicted molar refractivity (Wildman–Crippen MR) is 73.3 cm³/mol. The minimum absolute atomic E-state index is 0.206. The molecule has 0 spiro atoms. The lowest BCUT2D eigenvalue weighted by Gasteiger charge is -2.07. The molecule has 0 saturated carbocycles. The van der Waals surface area contributed by atoms with Crippen molar-refractivity contribution in [1.29, 1.82) is 0 Å². The van der Waals surface area contributed by atoms with Crippen LogP contribution in [0, 0.1) is 0 Å². The summed E-state index contributed by atoms with van der Waals surface area (Å²) in [7, 11) is 0. The molecule has 0 N–H and O–H groups in total. The summed E-state index contributed by atoms with van der Waals surface area (Å²) in [6, 6.07) is 4.04. The van der Waals surface area contributed by atoms with Gasteiger partial charge in [0, 0.05) is 12.2 Å². The Bertz CT molecular complexity index is 230. The molecule has 1 unspecified atom stereocenters. The molecule has 92 valence electrons. The number of carbonyl (C=O) groups is 1. The second-order valence-electron chi connectivity index (χ2n) is 3.36. The van der Waals surface area contributed by atoms with Crippen molar-refractivity contribution in [2.75, 3.05) is 6.61 Å². The molecular weight excluding hydrogens is 240 g/mol. The highest BCUT2D eigenvalue weighted by molar-refractivity contribution is 7.80. The van der Waals surface area contributed by atoms with Crippen molar-refractivity contribution in [3.05, 3.63) is 22.9 Å². The van der Waals surface area contributed by atoms with Gasteiger partial charge in [-0.25, -0.2) is 0 Å². The molecule has 16 heavy (non-hydrogen) atoms. The molecule has 2 nitrogen and oxygen atoms in total. The van der Waals surface area contributed by atoms with E-state index in [1.165, 1.54) is 6.92 Å². The van der Waals surface area contributed by atoms with Crippen LogP contribution in [0.1, 0.15) is 33.1 Å². The fourth-order valence-electron chi connectivity index (χ4n) is 1.04. The van der Waals surface area contributed by atoms with E-state index < -0.39 is 0 Å². The van der Waals surface area contributed by atoms with Crippen LogP contribution in [0.4, 0.5) is 0 Å². The van der Waals surface area contributed by atoms with Crippen LogP contribution in [0.3, 0.4) is 0 Å². The van der Waals surface area contributed by atoms with E-state index in [0.29, 0.717) is 11.9 Å². The Kier molecular flexibility index (Phi) is 10.7. The zero-order chi connectivity index (χ0) is 12.2. The van der Waals surface area contributed by atoms with Crippen LogP contribution < -0.4 is 0 Å². The summed E-state index contributed by atoms with van der Waals surface area (Å²) in [4.78, 5) is 10.3. The van der Waals surface area contributed by atoms with Crippen LogP contribution in [0.25, 0.3) is 0 Å². The third kappa shape index (κ3) is 11.6. The van der Waals surface area contributed by atoms with Crippen molar-refractivity contribution in [3.63, 3.8) is 0 Å². The quantitative estimate of drug-likeness (QED) is 0.644. The van der Waals surface area contributed by atoms with Crippen molar-refractivity contribution < 1.29 is 9.53 Å². The summed E-state index contributed by atoms with van der Waals surface area (Å²) in [6.07, 6.45) is 3.08. The van der Waals surface area contributed by atoms with Gasteiger partial charge in [0.15, 0.2) is 0 Å². The van der Waals surface area contributed by atoms with E-state index in [2.05, 4.69) is 19.6 Å². The second-order valence-corrected chi connectivity index (χ2v) is 4.91. The molecule has 4 heteroatoms. The summed E-state index contributed by atoms with van der Waals surface area (Å²) in [6.45, 7) is 4.05. The Morgan fingerprint density at radius 3 is 2.38 bits per heavy atom. The van der Waals surface area contributed by atoms with Crippen LogP contribution in [0.15, 0.2) is 22.9 Å². The van der Waals surface area contributed by atoms with Crippen LogP contribution in [-0.4, -0.2) is 17.8 Å². The molecule has 0 aromatic carbocycles. The lowest BCUT2D eigenvalue weighted by atomic mass is 10.2. The summed E-state index contributed by atoms with van der Waals surface area (Å²) in [5.41, 5.74) is 0. The Balaban J connectivity index is 0.000000368. The maximum absolute atomic E-state index is 10.3. The first kappa shape index (κ1) is 15.5. The van der Waals surface area contributed by atoms with Gasteiger partial charge in [-0.1, -0.05) is 25.5 Å². The van der Waals surface area contributed by atoms with E-state index in [4.69, 9.17) is 4.74 Å². The van der Waals surface area contributed by atoms with Crippen LogP contribution >= 0.6 is 24.0 Å². The Morgan fingerprint density at radius 2 is 2.00 bits per heavy atom. The molecular formula is C12H20O2S2. The molecule has 1 atom stereocenters. The normalized spacial score (nSPS) is 11.2. The monoisotopic (exact) mass is 260 g/mol. The Labute approximate surface area is 107 Å². The molecule has 1 aromatic rings. The second kappa shape index (κ2) is 11.0. The topological polar surface area (TPSA) is 26.3 Å². The van der Waals surface area contributed by atoms with Gasteiger partial charge in [-0.3, -0.25) is 4.79 Å². The lowest BCUT2D eigenvalue weighted by Crippen LogP contribution is -2.07. The summed E-state index contributed by atoms with van der Waals surface area (Å²) in [5.74, 6) is -0.206. The minimum atomic E-state index is -0.206. The number of thiol groups is 1. The number of carbonyl (C=O) groups excluding carboxylic acids is 1. The SMILES string of the molecule is CCCC(S)CCOC(C)=O.c1ccsc1. The first-order valence-electron chi connectivity index (χ1n) is 5.45. The average molecular weight is 260 g/mol. The molecule has 0 radical (unpaired) electrons. The standard InChI is InChI=1S/C8H16O2S.C4H4S/c1-3-4-8(11)5-6-10-7(2)9;1-2-4-5-3-1/h8,11H,3-6H2,1-2H3;1-4H. The van der Waals surface area contributed by atoms with E-state index in [-0.39, 0.29) is 5.97 Å². The summed E-state index contributed by atoms with van der Waals surface area (Å²) in [5, 5.41) is 4.46. The molecule has 0 aliphatic carbocycles. The zero-order valence-corrected chi connectivity index (χ0v) is 11.6. The number of esters is 1. The van der Waals surface area contributed by atoms with Gasteiger partial charge in [0.25, 0.3) is 0 Å². The van der Waals surface area contributed by atoms with Crippen LogP contribution in [-0.2, 0) is 9.53 Å². The van der Waals surface area contributed by atoms with E-state index in [0.717, 1.165) is 19.3 Å². The highest BCUT2D eigenvalue weighted by Crippen LogP contribution is 2.08. The fraction of sp³-hybridized carbons (Fsp3) is 0.583. The first-order chi connectivity index (χ1) is 7.66. The molecule has 1 rings (SSSR count). The lowest BCUT2D eigenvalue weighted by molar-refractivity contribution is -0.141. The van der Waals surface area contributed by atoms with Gasteiger partial charge in [0.2, 0.25) is 0 Å². The average Bonchev–Trinajstić information content (AvgIpc) is 2.75. The number of hydrogen-bond donors (Lipinski definition) is 1. The number of hydrogen-bond acceptors (Lipinski definition) is 4. The van der Waals surface area contributed by atoms with Gasteiger partial charge >= 0.3 is 5.97 Å². The van der Waals surface area contributed by atoms with E-state index >= 15 is 0 Å². The third-order valence-corrected chi connectivity index (χ3v) is 2.95. The predicted octanol–water partition coefficient (Wildman–Crippen LogP) is 3.79. The smallest absolute Gasteiger partial charge is 0.302 e. The maximum atomic E-state index is 10.3. The molecule has 1 aromatic heterocycles. The number of ether oxygens (including phenoxy) is 1. The van der Waals surface area contributed by atoms with E-state index in [1.807, 2.05) is 22.9 Å². The third-order valence-electron chi connectivity index (χ3n) is 1.80. The molecule has 0 saturated heterocycles. The zero-order valence-electron chi connectivity index (χ0n) is 9.89. The molecule has 1 heterocycles. The molecule has 0 aliphatic rings. The van der Waals surface area contributed by atoms with Crippen molar-refractivity contribution in [1.82, 2.24) is 0 Å². The highest BCUT2D eigenvalue weighted by atomic mass is 32.1. The van der Waals surface area contributed by atoms with E-state index in [9.17, 15) is 4.79 Å². The van der Waals surface area contributed by atoms with Gasteiger partial charge < -0.3 is 4.74 Å². The number of rotatable bonds is 5. The van der Waals surface area contributed by atoms with Gasteiger partial charge in [-0.2, -0.15) is 24.0 Å². The first-order valence-corrected chi connectivity index (χ1v) is 6.91. The van der Waals surface area contributed by atoms with Gasteiger partial charge in [-0.05, 0) is 23.6 Å². The fourth-order valence-corrected chi connectivity index (χ4v) is 1.86. The largest absolute Gasteiger partial charge is 0.466 e. The van der Waals surface area contributed by atoms with Crippen LogP contribution in [0.5, 0.6) is 0 Å². The summed E-state index contributed by atoms with van der Waals surface area (Å²) >= 11 is 6.03. The molecule has 0 aliphatic heterocycles. The maximum Gasteiger partial charge on any atom is 0.302 e. The molecule has 0 bridgehead atoms. The van der Waals surface area contributed by atoms with Gasteiger partial charge in [0.05, 0.1) is 6.61 Å². The Hall–Kier alpha value is -0.480. The number of thiophene rings is 1. The van der Waals surface area contributed by atoms with Crippen molar-refractivity contribution in [2.45, 2.75) is 38.4 Å². The van der Waals surface area contributed by atoms with Gasteiger partial charge in [-0.15, -0.1) is 0 Å².